The van der Waals surface area contributed by atoms with Gasteiger partial charge in [-0.15, -0.1) is 0 Å². The topological polar surface area (TPSA) is 32.3 Å². The molecule has 1 N–H and O–H groups in total. The van der Waals surface area contributed by atoms with Crippen molar-refractivity contribution in [1.29, 1.82) is 0 Å². The molecule has 126 valence electrons. The van der Waals surface area contributed by atoms with Crippen molar-refractivity contribution < 1.29 is 4.79 Å². The van der Waals surface area contributed by atoms with Crippen LogP contribution in [0.5, 0.6) is 0 Å². The Morgan fingerprint density at radius 2 is 1.83 bits per heavy atom. The summed E-state index contributed by atoms with van der Waals surface area (Å²) < 4.78 is 0. The second-order valence-corrected chi connectivity index (χ2v) is 6.72. The number of nitrogens with zero attached hydrogens (tertiary/aromatic N) is 1. The lowest BCUT2D eigenvalue weighted by Gasteiger charge is -2.41. The lowest BCUT2D eigenvalue weighted by atomic mass is 9.90. The van der Waals surface area contributed by atoms with Crippen LogP contribution >= 0.6 is 0 Å². The van der Waals surface area contributed by atoms with E-state index in [2.05, 4.69) is 49.5 Å². The maximum Gasteiger partial charge on any atom is 0.230 e. The first kappa shape index (κ1) is 16.6. The van der Waals surface area contributed by atoms with Gasteiger partial charge in [-0.2, -0.15) is 0 Å². The van der Waals surface area contributed by atoms with E-state index in [1.54, 1.807) is 0 Å². The zero-order valence-corrected chi connectivity index (χ0v) is 14.7. The maximum atomic E-state index is 12.9. The smallest absolute Gasteiger partial charge is 0.230 e. The van der Waals surface area contributed by atoms with Gasteiger partial charge in [-0.25, -0.2) is 0 Å². The molecule has 1 aliphatic rings. The van der Waals surface area contributed by atoms with Gasteiger partial charge in [-0.1, -0.05) is 50.2 Å². The number of amides is 1. The molecule has 1 heterocycles. The summed E-state index contributed by atoms with van der Waals surface area (Å²) in [5, 5.41) is 3.63. The Morgan fingerprint density at radius 3 is 2.54 bits per heavy atom. The Morgan fingerprint density at radius 1 is 1.17 bits per heavy atom. The van der Waals surface area contributed by atoms with E-state index in [0.29, 0.717) is 0 Å². The van der Waals surface area contributed by atoms with Gasteiger partial charge >= 0.3 is 0 Å². The lowest BCUT2D eigenvalue weighted by molar-refractivity contribution is -0.122. The van der Waals surface area contributed by atoms with E-state index >= 15 is 0 Å². The Kier molecular flexibility index (Phi) is 4.89. The average Bonchev–Trinajstić information content (AvgIpc) is 2.61. The SMILES string of the molecule is CC[C@@H](C)C(=O)N1c2ccccc2[C@H](Nc2ccccc2)C[C@H]1C. The molecule has 3 rings (SSSR count). The molecule has 2 aromatic rings. The summed E-state index contributed by atoms with van der Waals surface area (Å²) in [4.78, 5) is 14.9. The normalized spacial score (nSPS) is 21.0. The fourth-order valence-corrected chi connectivity index (χ4v) is 3.43. The molecule has 0 radical (unpaired) electrons. The predicted octanol–water partition coefficient (Wildman–Crippen LogP) is 5.01. The van der Waals surface area contributed by atoms with Crippen LogP contribution in [0.1, 0.15) is 45.2 Å². The van der Waals surface area contributed by atoms with Crippen molar-refractivity contribution in [2.45, 2.75) is 45.7 Å². The summed E-state index contributed by atoms with van der Waals surface area (Å²) in [6, 6.07) is 19.0. The van der Waals surface area contributed by atoms with Crippen LogP contribution in [0.3, 0.4) is 0 Å². The maximum absolute atomic E-state index is 12.9. The Bertz CT molecular complexity index is 698. The zero-order chi connectivity index (χ0) is 17.1. The van der Waals surface area contributed by atoms with E-state index in [1.807, 2.05) is 36.1 Å². The van der Waals surface area contributed by atoms with Crippen molar-refractivity contribution >= 4 is 17.3 Å². The summed E-state index contributed by atoms with van der Waals surface area (Å²) in [7, 11) is 0. The molecule has 0 spiro atoms. The minimum Gasteiger partial charge on any atom is -0.378 e. The molecule has 0 bridgehead atoms. The third kappa shape index (κ3) is 3.16. The number of hydrogen-bond donors (Lipinski definition) is 1. The summed E-state index contributed by atoms with van der Waals surface area (Å²) in [6.07, 6.45) is 1.78. The van der Waals surface area contributed by atoms with E-state index in [4.69, 9.17) is 0 Å². The molecule has 0 unspecified atom stereocenters. The van der Waals surface area contributed by atoms with Crippen LogP contribution < -0.4 is 10.2 Å². The molecule has 2 aromatic carbocycles. The first-order valence-electron chi connectivity index (χ1n) is 8.85. The van der Waals surface area contributed by atoms with Gasteiger partial charge in [-0.05, 0) is 43.5 Å². The van der Waals surface area contributed by atoms with Crippen molar-refractivity contribution in [3.63, 3.8) is 0 Å². The number of nitrogens with one attached hydrogen (secondary N) is 1. The first-order chi connectivity index (χ1) is 11.6. The molecular weight excluding hydrogens is 296 g/mol. The van der Waals surface area contributed by atoms with Gasteiger partial charge in [0, 0.05) is 23.3 Å². The zero-order valence-electron chi connectivity index (χ0n) is 14.7. The fourth-order valence-electron chi connectivity index (χ4n) is 3.43. The minimum absolute atomic E-state index is 0.0548. The van der Waals surface area contributed by atoms with Crippen LogP contribution in [0.15, 0.2) is 54.6 Å². The Balaban J connectivity index is 1.94. The first-order valence-corrected chi connectivity index (χ1v) is 8.85. The van der Waals surface area contributed by atoms with Crippen LogP contribution in [0.2, 0.25) is 0 Å². The number of anilines is 2. The molecule has 3 heteroatoms. The van der Waals surface area contributed by atoms with Crippen molar-refractivity contribution in [1.82, 2.24) is 0 Å². The highest BCUT2D eigenvalue weighted by molar-refractivity contribution is 5.96. The van der Waals surface area contributed by atoms with Crippen LogP contribution in [0.25, 0.3) is 0 Å². The molecule has 0 saturated carbocycles. The Hall–Kier alpha value is -2.29. The van der Waals surface area contributed by atoms with Gasteiger partial charge in [0.1, 0.15) is 0 Å². The van der Waals surface area contributed by atoms with E-state index in [1.165, 1.54) is 5.56 Å². The van der Waals surface area contributed by atoms with Gasteiger partial charge in [-0.3, -0.25) is 4.79 Å². The summed E-state index contributed by atoms with van der Waals surface area (Å²) in [5.41, 5.74) is 3.37. The third-order valence-electron chi connectivity index (χ3n) is 4.98. The number of hydrogen-bond acceptors (Lipinski definition) is 2. The third-order valence-corrected chi connectivity index (χ3v) is 4.98. The summed E-state index contributed by atoms with van der Waals surface area (Å²) >= 11 is 0. The summed E-state index contributed by atoms with van der Waals surface area (Å²) in [5.74, 6) is 0.287. The molecule has 1 aliphatic heterocycles. The molecule has 3 atom stereocenters. The molecule has 0 aromatic heterocycles. The van der Waals surface area contributed by atoms with Gasteiger partial charge < -0.3 is 10.2 Å². The Labute approximate surface area is 144 Å². The predicted molar refractivity (Wildman–Crippen MR) is 100 cm³/mol. The molecule has 24 heavy (non-hydrogen) atoms. The standard InChI is InChI=1S/C21H26N2O/c1-4-15(2)21(24)23-16(3)14-19(18-12-8-9-13-20(18)23)22-17-10-6-5-7-11-17/h5-13,15-16,19,22H,4,14H2,1-3H3/t15-,16-,19-/m1/s1. The number of para-hydroxylation sites is 2. The monoisotopic (exact) mass is 322 g/mol. The fraction of sp³-hybridized carbons (Fsp3) is 0.381. The molecule has 0 fully saturated rings. The lowest BCUT2D eigenvalue weighted by Crippen LogP contribution is -2.46. The number of rotatable bonds is 4. The van der Waals surface area contributed by atoms with E-state index in [0.717, 1.165) is 24.2 Å². The highest BCUT2D eigenvalue weighted by Crippen LogP contribution is 2.39. The van der Waals surface area contributed by atoms with E-state index in [9.17, 15) is 4.79 Å². The summed E-state index contributed by atoms with van der Waals surface area (Å²) in [6.45, 7) is 6.24. The van der Waals surface area contributed by atoms with Gasteiger partial charge in [0.15, 0.2) is 0 Å². The second kappa shape index (κ2) is 7.08. The molecule has 0 saturated heterocycles. The van der Waals surface area contributed by atoms with E-state index < -0.39 is 0 Å². The van der Waals surface area contributed by atoms with Gasteiger partial charge in [0.2, 0.25) is 5.91 Å². The van der Waals surface area contributed by atoms with Crippen molar-refractivity contribution in [3.8, 4) is 0 Å². The number of carbonyl (C=O) groups is 1. The molecule has 0 aliphatic carbocycles. The van der Waals surface area contributed by atoms with Gasteiger partial charge in [0.25, 0.3) is 0 Å². The highest BCUT2D eigenvalue weighted by Gasteiger charge is 2.34. The van der Waals surface area contributed by atoms with Crippen molar-refractivity contribution in [3.05, 3.63) is 60.2 Å². The number of benzene rings is 2. The minimum atomic E-state index is 0.0548. The van der Waals surface area contributed by atoms with Gasteiger partial charge in [0.05, 0.1) is 6.04 Å². The number of fused-ring (bicyclic) bond motifs is 1. The quantitative estimate of drug-likeness (QED) is 0.858. The largest absolute Gasteiger partial charge is 0.378 e. The van der Waals surface area contributed by atoms with E-state index in [-0.39, 0.29) is 23.9 Å². The molecule has 1 amide bonds. The van der Waals surface area contributed by atoms with Crippen molar-refractivity contribution in [2.75, 3.05) is 10.2 Å². The average molecular weight is 322 g/mol. The van der Waals surface area contributed by atoms with Crippen molar-refractivity contribution in [2.24, 2.45) is 5.92 Å². The van der Waals surface area contributed by atoms with Crippen LogP contribution in [0.4, 0.5) is 11.4 Å². The molecule has 3 nitrogen and oxygen atoms in total. The highest BCUT2D eigenvalue weighted by atomic mass is 16.2. The van der Waals surface area contributed by atoms with Crippen LogP contribution in [-0.2, 0) is 4.79 Å². The van der Waals surface area contributed by atoms with Crippen LogP contribution in [0, 0.1) is 5.92 Å². The number of carbonyl (C=O) groups excluding carboxylic acids is 1. The molecular formula is C21H26N2O. The van der Waals surface area contributed by atoms with Crippen LogP contribution in [-0.4, -0.2) is 11.9 Å². The second-order valence-electron chi connectivity index (χ2n) is 6.72.